The van der Waals surface area contributed by atoms with Gasteiger partial charge >= 0.3 is 0 Å². The van der Waals surface area contributed by atoms with E-state index in [9.17, 15) is 13.5 Å². The molecule has 2 N–H and O–H groups in total. The molecule has 2 rings (SSSR count). The van der Waals surface area contributed by atoms with Crippen molar-refractivity contribution in [1.82, 2.24) is 9.29 Å². The van der Waals surface area contributed by atoms with Crippen molar-refractivity contribution in [3.63, 3.8) is 0 Å². The quantitative estimate of drug-likeness (QED) is 0.824. The van der Waals surface area contributed by atoms with Gasteiger partial charge in [-0.2, -0.15) is 4.31 Å². The van der Waals surface area contributed by atoms with E-state index in [2.05, 4.69) is 4.98 Å². The maximum Gasteiger partial charge on any atom is 0.258 e. The van der Waals surface area contributed by atoms with Crippen molar-refractivity contribution in [2.24, 2.45) is 5.41 Å². The second kappa shape index (κ2) is 4.12. The lowest BCUT2D eigenvalue weighted by Crippen LogP contribution is -2.50. The highest BCUT2D eigenvalue weighted by atomic mass is 32.2. The molecule has 1 aliphatic rings. The number of hydrogen-bond donors (Lipinski definition) is 2. The first-order chi connectivity index (χ1) is 7.84. The molecule has 0 bridgehead atoms. The maximum absolute atomic E-state index is 12.3. The van der Waals surface area contributed by atoms with E-state index >= 15 is 0 Å². The maximum atomic E-state index is 12.3. The summed E-state index contributed by atoms with van der Waals surface area (Å²) in [4.78, 5) is 2.72. The Kier molecular flexibility index (Phi) is 3.05. The highest BCUT2D eigenvalue weighted by Gasteiger charge is 2.39. The molecule has 0 saturated carbocycles. The number of hydrogen-bond acceptors (Lipinski definition) is 3. The smallest absolute Gasteiger partial charge is 0.258 e. The first-order valence-corrected chi connectivity index (χ1v) is 7.10. The van der Waals surface area contributed by atoms with E-state index in [0.717, 1.165) is 0 Å². The normalized spacial score (nSPS) is 25.9. The minimum Gasteiger partial charge on any atom is -0.392 e. The van der Waals surface area contributed by atoms with Gasteiger partial charge in [0.15, 0.2) is 0 Å². The van der Waals surface area contributed by atoms with Crippen molar-refractivity contribution in [2.75, 3.05) is 13.1 Å². The van der Waals surface area contributed by atoms with E-state index in [1.807, 2.05) is 13.8 Å². The van der Waals surface area contributed by atoms with E-state index in [0.29, 0.717) is 19.5 Å². The number of aromatic amines is 1. The lowest BCUT2D eigenvalue weighted by molar-refractivity contribution is -0.000365. The molecule has 5 nitrogen and oxygen atoms in total. The fraction of sp³-hybridized carbons (Fsp3) is 0.636. The van der Waals surface area contributed by atoms with Crippen LogP contribution in [0.15, 0.2) is 23.4 Å². The van der Waals surface area contributed by atoms with Crippen LogP contribution in [0.3, 0.4) is 0 Å². The minimum absolute atomic E-state index is 0.213. The number of aromatic nitrogens is 1. The van der Waals surface area contributed by atoms with Gasteiger partial charge in [0.05, 0.1) is 6.10 Å². The first-order valence-electron chi connectivity index (χ1n) is 5.66. The number of H-pyrrole nitrogens is 1. The molecule has 1 aromatic heterocycles. The lowest BCUT2D eigenvalue weighted by atomic mass is 9.82. The van der Waals surface area contributed by atoms with Gasteiger partial charge in [-0.25, -0.2) is 8.42 Å². The highest BCUT2D eigenvalue weighted by molar-refractivity contribution is 7.89. The molecule has 1 unspecified atom stereocenters. The van der Waals surface area contributed by atoms with Gasteiger partial charge in [0.25, 0.3) is 10.0 Å². The van der Waals surface area contributed by atoms with E-state index in [1.54, 1.807) is 18.3 Å². The molecule has 0 aromatic carbocycles. The molecular formula is C11H18N2O3S. The Balaban J connectivity index is 2.25. The molecule has 1 saturated heterocycles. The second-order valence-corrected chi connectivity index (χ2v) is 7.07. The van der Waals surface area contributed by atoms with Crippen molar-refractivity contribution in [2.45, 2.75) is 31.4 Å². The van der Waals surface area contributed by atoms with Gasteiger partial charge < -0.3 is 10.1 Å². The van der Waals surface area contributed by atoms with Gasteiger partial charge in [0.1, 0.15) is 5.03 Å². The fourth-order valence-electron chi connectivity index (χ4n) is 2.11. The number of sulfonamides is 1. The summed E-state index contributed by atoms with van der Waals surface area (Å²) < 4.78 is 25.9. The Morgan fingerprint density at radius 2 is 2.24 bits per heavy atom. The van der Waals surface area contributed by atoms with Gasteiger partial charge in [0, 0.05) is 24.7 Å². The van der Waals surface area contributed by atoms with Crippen molar-refractivity contribution < 1.29 is 13.5 Å². The van der Waals surface area contributed by atoms with Crippen LogP contribution in [0.4, 0.5) is 0 Å². The number of aliphatic hydroxyl groups excluding tert-OH is 1. The SMILES string of the molecule is CC1(C)CN(S(=O)(=O)c2ccc[nH]2)CCC1O. The number of aliphatic hydroxyl groups is 1. The molecule has 0 radical (unpaired) electrons. The lowest BCUT2D eigenvalue weighted by Gasteiger charge is -2.40. The van der Waals surface area contributed by atoms with Crippen LogP contribution in [0.1, 0.15) is 20.3 Å². The van der Waals surface area contributed by atoms with Crippen LogP contribution >= 0.6 is 0 Å². The van der Waals surface area contributed by atoms with Crippen LogP contribution in [-0.2, 0) is 10.0 Å². The molecule has 0 amide bonds. The Hall–Kier alpha value is -0.850. The average Bonchev–Trinajstić information content (AvgIpc) is 2.75. The Morgan fingerprint density at radius 1 is 1.53 bits per heavy atom. The van der Waals surface area contributed by atoms with Crippen molar-refractivity contribution in [3.05, 3.63) is 18.3 Å². The molecule has 1 fully saturated rings. The van der Waals surface area contributed by atoms with Crippen molar-refractivity contribution in [1.29, 1.82) is 0 Å². The summed E-state index contributed by atoms with van der Waals surface area (Å²) in [6, 6.07) is 3.21. The Labute approximate surface area is 102 Å². The summed E-state index contributed by atoms with van der Waals surface area (Å²) in [7, 11) is -3.45. The van der Waals surface area contributed by atoms with Crippen LogP contribution in [0.2, 0.25) is 0 Å². The molecule has 17 heavy (non-hydrogen) atoms. The summed E-state index contributed by atoms with van der Waals surface area (Å²) in [5.41, 5.74) is -0.405. The van der Waals surface area contributed by atoms with E-state index in [1.165, 1.54) is 4.31 Å². The zero-order valence-corrected chi connectivity index (χ0v) is 10.9. The zero-order valence-electron chi connectivity index (χ0n) is 10.0. The van der Waals surface area contributed by atoms with Crippen molar-refractivity contribution >= 4 is 10.0 Å². The topological polar surface area (TPSA) is 73.4 Å². The summed E-state index contributed by atoms with van der Waals surface area (Å²) in [6.45, 7) is 4.48. The van der Waals surface area contributed by atoms with Crippen LogP contribution in [0.5, 0.6) is 0 Å². The molecule has 1 aliphatic heterocycles. The standard InChI is InChI=1S/C11H18N2O3S/c1-11(2)8-13(7-5-9(11)14)17(15,16)10-4-3-6-12-10/h3-4,6,9,12,14H,5,7-8H2,1-2H3. The fourth-order valence-corrected chi connectivity index (χ4v) is 3.71. The largest absolute Gasteiger partial charge is 0.392 e. The molecule has 0 spiro atoms. The first kappa shape index (κ1) is 12.6. The number of rotatable bonds is 2. The highest BCUT2D eigenvalue weighted by Crippen LogP contribution is 2.31. The summed E-state index contributed by atoms with van der Waals surface area (Å²) in [5, 5.41) is 10.0. The van der Waals surface area contributed by atoms with Gasteiger partial charge in [0.2, 0.25) is 0 Å². The number of nitrogens with one attached hydrogen (secondary N) is 1. The molecule has 1 atom stereocenters. The van der Waals surface area contributed by atoms with Gasteiger partial charge in [-0.15, -0.1) is 0 Å². The predicted octanol–water partition coefficient (Wildman–Crippen LogP) is 0.796. The molecule has 96 valence electrons. The van der Waals surface area contributed by atoms with Gasteiger partial charge in [-0.3, -0.25) is 0 Å². The monoisotopic (exact) mass is 258 g/mol. The van der Waals surface area contributed by atoms with Crippen molar-refractivity contribution in [3.8, 4) is 0 Å². The third kappa shape index (κ3) is 2.25. The number of nitrogens with zero attached hydrogens (tertiary/aromatic N) is 1. The van der Waals surface area contributed by atoms with E-state index in [-0.39, 0.29) is 5.03 Å². The van der Waals surface area contributed by atoms with Crippen LogP contribution in [-0.4, -0.2) is 42.0 Å². The minimum atomic E-state index is -3.45. The van der Waals surface area contributed by atoms with Gasteiger partial charge in [-0.1, -0.05) is 13.8 Å². The van der Waals surface area contributed by atoms with Crippen LogP contribution in [0, 0.1) is 5.41 Å². The van der Waals surface area contributed by atoms with Gasteiger partial charge in [-0.05, 0) is 18.6 Å². The van der Waals surface area contributed by atoms with E-state index < -0.39 is 21.5 Å². The Bertz CT molecular complexity index is 479. The third-order valence-electron chi connectivity index (χ3n) is 3.33. The molecule has 6 heteroatoms. The second-order valence-electron chi connectivity index (χ2n) is 5.17. The van der Waals surface area contributed by atoms with Crippen LogP contribution < -0.4 is 0 Å². The van der Waals surface area contributed by atoms with E-state index in [4.69, 9.17) is 0 Å². The summed E-state index contributed by atoms with van der Waals surface area (Å²) in [6.07, 6.45) is 1.63. The molecule has 1 aromatic rings. The zero-order chi connectivity index (χ0) is 12.7. The summed E-state index contributed by atoms with van der Waals surface area (Å²) >= 11 is 0. The molecule has 0 aliphatic carbocycles. The molecule has 2 heterocycles. The average molecular weight is 258 g/mol. The number of piperidine rings is 1. The van der Waals surface area contributed by atoms with Crippen LogP contribution in [0.25, 0.3) is 0 Å². The molecular weight excluding hydrogens is 240 g/mol. The Morgan fingerprint density at radius 3 is 2.76 bits per heavy atom. The third-order valence-corrected chi connectivity index (χ3v) is 5.13. The summed E-state index contributed by atoms with van der Waals surface area (Å²) in [5.74, 6) is 0. The predicted molar refractivity (Wildman–Crippen MR) is 64.0 cm³/mol.